The SMILES string of the molecule is COc1ccc(N(C[C@@H](O)Cn2c3ccc(Cl)cc3c3cc(Cl)ccc32)S(=O)(=O)c2ccc(Cl)cc2)cc1. The molecule has 0 radical (unpaired) electrons. The van der Waals surface area contributed by atoms with E-state index in [-0.39, 0.29) is 18.0 Å². The topological polar surface area (TPSA) is 71.8 Å². The summed E-state index contributed by atoms with van der Waals surface area (Å²) < 4.78 is 35.9. The van der Waals surface area contributed by atoms with Gasteiger partial charge in [-0.05, 0) is 84.9 Å². The third-order valence-electron chi connectivity index (χ3n) is 6.32. The fraction of sp³-hybridized carbons (Fsp3) is 0.143. The molecule has 1 heterocycles. The fourth-order valence-corrected chi connectivity index (χ4v) is 6.50. The first-order valence-electron chi connectivity index (χ1n) is 11.6. The highest BCUT2D eigenvalue weighted by Gasteiger charge is 2.28. The molecule has 0 bridgehead atoms. The molecule has 1 aromatic heterocycles. The van der Waals surface area contributed by atoms with E-state index < -0.39 is 16.1 Å². The molecule has 0 amide bonds. The summed E-state index contributed by atoms with van der Waals surface area (Å²) in [6.07, 6.45) is -1.07. The molecule has 196 valence electrons. The molecule has 6 nitrogen and oxygen atoms in total. The van der Waals surface area contributed by atoms with Gasteiger partial charge in [-0.3, -0.25) is 4.31 Å². The van der Waals surface area contributed by atoms with Gasteiger partial charge in [0.1, 0.15) is 5.75 Å². The Bertz CT molecular complexity index is 1660. The van der Waals surface area contributed by atoms with Crippen molar-refractivity contribution in [1.82, 2.24) is 4.57 Å². The molecule has 10 heteroatoms. The minimum Gasteiger partial charge on any atom is -0.497 e. The van der Waals surface area contributed by atoms with Crippen molar-refractivity contribution in [2.45, 2.75) is 17.5 Å². The van der Waals surface area contributed by atoms with E-state index in [9.17, 15) is 13.5 Å². The highest BCUT2D eigenvalue weighted by atomic mass is 35.5. The van der Waals surface area contributed by atoms with Gasteiger partial charge in [-0.25, -0.2) is 8.42 Å². The van der Waals surface area contributed by atoms with Crippen molar-refractivity contribution < 1.29 is 18.3 Å². The predicted molar refractivity (Wildman–Crippen MR) is 154 cm³/mol. The van der Waals surface area contributed by atoms with Crippen LogP contribution in [0.25, 0.3) is 21.8 Å². The van der Waals surface area contributed by atoms with Gasteiger partial charge in [0.05, 0.1) is 36.9 Å². The van der Waals surface area contributed by atoms with Crippen molar-refractivity contribution in [3.63, 3.8) is 0 Å². The van der Waals surface area contributed by atoms with Gasteiger partial charge in [0.2, 0.25) is 0 Å². The van der Waals surface area contributed by atoms with Crippen LogP contribution in [0.3, 0.4) is 0 Å². The molecule has 0 unspecified atom stereocenters. The molecule has 1 atom stereocenters. The third-order valence-corrected chi connectivity index (χ3v) is 8.85. The van der Waals surface area contributed by atoms with E-state index in [2.05, 4.69) is 0 Å². The summed E-state index contributed by atoms with van der Waals surface area (Å²) in [4.78, 5) is 0.0612. The maximum absolute atomic E-state index is 13.7. The summed E-state index contributed by atoms with van der Waals surface area (Å²) in [6.45, 7) is -0.0638. The molecule has 1 N–H and O–H groups in total. The number of hydrogen-bond donors (Lipinski definition) is 1. The molecule has 5 rings (SSSR count). The minimum atomic E-state index is -4.03. The van der Waals surface area contributed by atoms with E-state index in [4.69, 9.17) is 39.5 Å². The van der Waals surface area contributed by atoms with Crippen molar-refractivity contribution in [3.8, 4) is 5.75 Å². The number of methoxy groups -OCH3 is 1. The van der Waals surface area contributed by atoms with Gasteiger partial charge in [-0.1, -0.05) is 34.8 Å². The highest BCUT2D eigenvalue weighted by Crippen LogP contribution is 2.34. The summed E-state index contributed by atoms with van der Waals surface area (Å²) in [5.41, 5.74) is 2.09. The second kappa shape index (κ2) is 10.7. The van der Waals surface area contributed by atoms with Crippen LogP contribution in [0, 0.1) is 0 Å². The van der Waals surface area contributed by atoms with E-state index in [1.165, 1.54) is 35.7 Å². The van der Waals surface area contributed by atoms with Crippen LogP contribution in [-0.2, 0) is 16.6 Å². The Labute approximate surface area is 235 Å². The van der Waals surface area contributed by atoms with Crippen LogP contribution in [0.5, 0.6) is 5.75 Å². The van der Waals surface area contributed by atoms with Gasteiger partial charge in [0.25, 0.3) is 10.0 Å². The predicted octanol–water partition coefficient (Wildman–Crippen LogP) is 7.02. The van der Waals surface area contributed by atoms with Gasteiger partial charge in [0, 0.05) is 36.9 Å². The van der Waals surface area contributed by atoms with E-state index >= 15 is 0 Å². The average molecular weight is 590 g/mol. The summed E-state index contributed by atoms with van der Waals surface area (Å²) in [6, 6.07) is 23.6. The van der Waals surface area contributed by atoms with E-state index in [0.717, 1.165) is 21.8 Å². The Kier molecular flexibility index (Phi) is 7.49. The van der Waals surface area contributed by atoms with Crippen molar-refractivity contribution in [2.24, 2.45) is 0 Å². The van der Waals surface area contributed by atoms with E-state index in [1.54, 1.807) is 36.4 Å². The number of nitrogens with zero attached hydrogens (tertiary/aromatic N) is 2. The number of aliphatic hydroxyl groups is 1. The number of hydrogen-bond acceptors (Lipinski definition) is 4. The van der Waals surface area contributed by atoms with Crippen LogP contribution in [-0.4, -0.2) is 37.8 Å². The Morgan fingerprint density at radius 3 is 1.87 bits per heavy atom. The number of sulfonamides is 1. The Balaban J connectivity index is 1.54. The van der Waals surface area contributed by atoms with Gasteiger partial charge < -0.3 is 14.4 Å². The van der Waals surface area contributed by atoms with Gasteiger partial charge in [-0.2, -0.15) is 0 Å². The van der Waals surface area contributed by atoms with Crippen molar-refractivity contribution in [1.29, 1.82) is 0 Å². The zero-order valence-electron chi connectivity index (χ0n) is 20.2. The number of aromatic nitrogens is 1. The molecule has 0 aliphatic rings. The molecule has 0 saturated heterocycles. The van der Waals surface area contributed by atoms with Crippen molar-refractivity contribution in [2.75, 3.05) is 18.0 Å². The lowest BCUT2D eigenvalue weighted by molar-refractivity contribution is 0.166. The maximum atomic E-state index is 13.7. The lowest BCUT2D eigenvalue weighted by atomic mass is 10.1. The summed E-state index contributed by atoms with van der Waals surface area (Å²) in [5.74, 6) is 0.584. The number of halogens is 3. The molecular formula is C28H23Cl3N2O4S. The third kappa shape index (κ3) is 5.17. The van der Waals surface area contributed by atoms with Crippen LogP contribution >= 0.6 is 34.8 Å². The summed E-state index contributed by atoms with van der Waals surface area (Å²) >= 11 is 18.5. The second-order valence-corrected chi connectivity index (χ2v) is 11.9. The number of rotatable bonds is 8. The van der Waals surface area contributed by atoms with Crippen molar-refractivity contribution in [3.05, 3.63) is 100.0 Å². The van der Waals surface area contributed by atoms with Gasteiger partial charge in [-0.15, -0.1) is 0 Å². The standard InChI is InChI=1S/C28H23Cl3N2O4S/c1-37-23-8-6-21(7-9-23)33(38(35,36)24-10-2-18(29)3-11-24)17-22(34)16-32-27-12-4-19(30)14-25(27)26-15-20(31)5-13-28(26)32/h2-15,22,34H,16-17H2,1H3/t22-/m0/s1. The summed E-state index contributed by atoms with van der Waals surface area (Å²) in [7, 11) is -2.50. The highest BCUT2D eigenvalue weighted by molar-refractivity contribution is 7.92. The number of ether oxygens (including phenoxy) is 1. The minimum absolute atomic E-state index is 0.0612. The zero-order chi connectivity index (χ0) is 27.0. The molecule has 4 aromatic carbocycles. The van der Waals surface area contributed by atoms with Crippen LogP contribution in [0.4, 0.5) is 5.69 Å². The van der Waals surface area contributed by atoms with Crippen LogP contribution in [0.15, 0.2) is 89.8 Å². The molecule has 0 spiro atoms. The second-order valence-electron chi connectivity index (χ2n) is 8.78. The first kappa shape index (κ1) is 26.7. The summed E-state index contributed by atoms with van der Waals surface area (Å²) in [5, 5.41) is 14.7. The molecule has 0 fully saturated rings. The van der Waals surface area contributed by atoms with E-state index in [1.807, 2.05) is 28.8 Å². The largest absolute Gasteiger partial charge is 0.497 e. The van der Waals surface area contributed by atoms with Crippen LogP contribution < -0.4 is 9.04 Å². The molecular weight excluding hydrogens is 567 g/mol. The molecule has 5 aromatic rings. The zero-order valence-corrected chi connectivity index (χ0v) is 23.3. The first-order valence-corrected chi connectivity index (χ1v) is 14.2. The lowest BCUT2D eigenvalue weighted by Crippen LogP contribution is -2.39. The Morgan fingerprint density at radius 1 is 0.816 bits per heavy atom. The van der Waals surface area contributed by atoms with Crippen LogP contribution in [0.1, 0.15) is 0 Å². The van der Waals surface area contributed by atoms with Gasteiger partial charge >= 0.3 is 0 Å². The molecule has 38 heavy (non-hydrogen) atoms. The normalized spacial score (nSPS) is 12.7. The smallest absolute Gasteiger partial charge is 0.264 e. The molecule has 0 saturated carbocycles. The van der Waals surface area contributed by atoms with Crippen LogP contribution in [0.2, 0.25) is 15.1 Å². The number of benzene rings is 4. The Hall–Kier alpha value is -2.94. The number of anilines is 1. The fourth-order valence-electron chi connectivity index (χ4n) is 4.53. The monoisotopic (exact) mass is 588 g/mol. The average Bonchev–Trinajstić information content (AvgIpc) is 3.19. The quantitative estimate of drug-likeness (QED) is 0.211. The Morgan fingerprint density at radius 2 is 1.34 bits per heavy atom. The molecule has 0 aliphatic carbocycles. The molecule has 0 aliphatic heterocycles. The first-order chi connectivity index (χ1) is 18.2. The number of fused-ring (bicyclic) bond motifs is 3. The maximum Gasteiger partial charge on any atom is 0.264 e. The van der Waals surface area contributed by atoms with Gasteiger partial charge in [0.15, 0.2) is 0 Å². The lowest BCUT2D eigenvalue weighted by Gasteiger charge is -2.27. The van der Waals surface area contributed by atoms with Crippen molar-refractivity contribution >= 4 is 72.3 Å². The van der Waals surface area contributed by atoms with E-state index in [0.29, 0.717) is 26.5 Å². The number of aliphatic hydroxyl groups excluding tert-OH is 1.